The summed E-state index contributed by atoms with van der Waals surface area (Å²) in [5.74, 6) is 4.03. The molecule has 0 aromatic heterocycles. The molecule has 0 heteroatoms. The lowest BCUT2D eigenvalue weighted by molar-refractivity contribution is 0.0624. The molecular formula is C11H22. The number of hydrogen-bond acceptors (Lipinski definition) is 0. The van der Waals surface area contributed by atoms with E-state index < -0.39 is 0 Å². The van der Waals surface area contributed by atoms with Crippen molar-refractivity contribution in [3.8, 4) is 0 Å². The van der Waals surface area contributed by atoms with Gasteiger partial charge in [0.2, 0.25) is 0 Å². The Bertz CT molecular complexity index is 115. The Kier molecular flexibility index (Phi) is 2.98. The zero-order chi connectivity index (χ0) is 8.43. The summed E-state index contributed by atoms with van der Waals surface area (Å²) in [6.07, 6.45) is 4.36. The van der Waals surface area contributed by atoms with Crippen LogP contribution in [0.25, 0.3) is 0 Å². The van der Waals surface area contributed by atoms with Crippen LogP contribution in [0.1, 0.15) is 47.0 Å². The first-order valence-corrected chi connectivity index (χ1v) is 5.15. The highest BCUT2D eigenvalue weighted by molar-refractivity contribution is 4.86. The normalized spacial score (nSPS) is 37.4. The van der Waals surface area contributed by atoms with Gasteiger partial charge in [0, 0.05) is 0 Å². The molecule has 0 aromatic rings. The van der Waals surface area contributed by atoms with Crippen LogP contribution in [-0.2, 0) is 0 Å². The predicted octanol–water partition coefficient (Wildman–Crippen LogP) is 3.71. The SMILES string of the molecule is CCC1CC(C)C1CC(C)C. The lowest BCUT2D eigenvalue weighted by Crippen LogP contribution is -2.35. The highest BCUT2D eigenvalue weighted by atomic mass is 14.4. The minimum atomic E-state index is 0.900. The van der Waals surface area contributed by atoms with Crippen molar-refractivity contribution in [2.24, 2.45) is 23.7 Å². The third-order valence-corrected chi connectivity index (χ3v) is 3.28. The van der Waals surface area contributed by atoms with E-state index in [-0.39, 0.29) is 0 Å². The molecule has 1 aliphatic carbocycles. The Morgan fingerprint density at radius 1 is 1.36 bits per heavy atom. The molecule has 0 radical (unpaired) electrons. The second kappa shape index (κ2) is 3.60. The van der Waals surface area contributed by atoms with E-state index in [0.29, 0.717) is 0 Å². The molecule has 0 N–H and O–H groups in total. The highest BCUT2D eigenvalue weighted by Gasteiger charge is 2.36. The van der Waals surface area contributed by atoms with Crippen molar-refractivity contribution in [2.45, 2.75) is 47.0 Å². The van der Waals surface area contributed by atoms with E-state index in [1.54, 1.807) is 0 Å². The molecule has 0 aromatic carbocycles. The van der Waals surface area contributed by atoms with Crippen LogP contribution in [0, 0.1) is 23.7 Å². The Morgan fingerprint density at radius 2 is 2.00 bits per heavy atom. The first kappa shape index (κ1) is 9.09. The van der Waals surface area contributed by atoms with Crippen molar-refractivity contribution >= 4 is 0 Å². The van der Waals surface area contributed by atoms with Gasteiger partial charge in [0.1, 0.15) is 0 Å². The Balaban J connectivity index is 2.30. The average molecular weight is 154 g/mol. The molecule has 0 aliphatic heterocycles. The molecule has 3 atom stereocenters. The van der Waals surface area contributed by atoms with Crippen molar-refractivity contribution < 1.29 is 0 Å². The Labute approximate surface area is 71.4 Å². The molecule has 1 saturated carbocycles. The van der Waals surface area contributed by atoms with Gasteiger partial charge >= 0.3 is 0 Å². The number of rotatable bonds is 3. The van der Waals surface area contributed by atoms with Gasteiger partial charge < -0.3 is 0 Å². The van der Waals surface area contributed by atoms with Crippen molar-refractivity contribution in [3.05, 3.63) is 0 Å². The summed E-state index contributed by atoms with van der Waals surface area (Å²) >= 11 is 0. The molecule has 0 nitrogen and oxygen atoms in total. The van der Waals surface area contributed by atoms with E-state index >= 15 is 0 Å². The average Bonchev–Trinajstić information content (AvgIpc) is 1.95. The first-order chi connectivity index (χ1) is 5.15. The molecule has 0 heterocycles. The summed E-state index contributed by atoms with van der Waals surface area (Å²) in [7, 11) is 0. The lowest BCUT2D eigenvalue weighted by atomic mass is 9.62. The molecule has 0 saturated heterocycles. The third kappa shape index (κ3) is 1.98. The van der Waals surface area contributed by atoms with Crippen molar-refractivity contribution in [1.29, 1.82) is 0 Å². The third-order valence-electron chi connectivity index (χ3n) is 3.28. The van der Waals surface area contributed by atoms with Crippen molar-refractivity contribution in [3.63, 3.8) is 0 Å². The molecule has 0 amide bonds. The van der Waals surface area contributed by atoms with E-state index in [9.17, 15) is 0 Å². The summed E-state index contributed by atoms with van der Waals surface area (Å²) in [6.45, 7) is 9.44. The largest absolute Gasteiger partial charge is 0.0651 e. The molecule has 0 spiro atoms. The summed E-state index contributed by atoms with van der Waals surface area (Å²) in [6, 6.07) is 0. The van der Waals surface area contributed by atoms with Gasteiger partial charge in [-0.15, -0.1) is 0 Å². The van der Waals surface area contributed by atoms with Crippen LogP contribution in [0.4, 0.5) is 0 Å². The van der Waals surface area contributed by atoms with E-state index in [2.05, 4.69) is 27.7 Å². The molecule has 11 heavy (non-hydrogen) atoms. The fourth-order valence-corrected chi connectivity index (χ4v) is 2.53. The summed E-state index contributed by atoms with van der Waals surface area (Å²) in [5, 5.41) is 0. The number of hydrogen-bond donors (Lipinski definition) is 0. The van der Waals surface area contributed by atoms with Crippen LogP contribution in [0.3, 0.4) is 0 Å². The fraction of sp³-hybridized carbons (Fsp3) is 1.00. The van der Waals surface area contributed by atoms with Gasteiger partial charge in [-0.25, -0.2) is 0 Å². The Morgan fingerprint density at radius 3 is 2.36 bits per heavy atom. The van der Waals surface area contributed by atoms with Crippen LogP contribution in [0.15, 0.2) is 0 Å². The van der Waals surface area contributed by atoms with E-state index in [4.69, 9.17) is 0 Å². The maximum Gasteiger partial charge on any atom is -0.0358 e. The monoisotopic (exact) mass is 154 g/mol. The topological polar surface area (TPSA) is 0 Å². The maximum atomic E-state index is 2.42. The smallest absolute Gasteiger partial charge is 0.0358 e. The highest BCUT2D eigenvalue weighted by Crippen LogP contribution is 2.45. The summed E-state index contributed by atoms with van der Waals surface area (Å²) in [4.78, 5) is 0. The van der Waals surface area contributed by atoms with Gasteiger partial charge in [-0.2, -0.15) is 0 Å². The van der Waals surface area contributed by atoms with Crippen LogP contribution < -0.4 is 0 Å². The van der Waals surface area contributed by atoms with E-state index in [1.807, 2.05) is 0 Å². The summed E-state index contributed by atoms with van der Waals surface area (Å²) < 4.78 is 0. The van der Waals surface area contributed by atoms with Crippen molar-refractivity contribution in [1.82, 2.24) is 0 Å². The van der Waals surface area contributed by atoms with Crippen molar-refractivity contribution in [2.75, 3.05) is 0 Å². The molecule has 1 aliphatic rings. The molecule has 0 bridgehead atoms. The standard InChI is InChI=1S/C11H22/c1-5-10-7-9(4)11(10)6-8(2)3/h8-11H,5-7H2,1-4H3. The second-order valence-electron chi connectivity index (χ2n) is 4.67. The van der Waals surface area contributed by atoms with Gasteiger partial charge in [-0.3, -0.25) is 0 Å². The quantitative estimate of drug-likeness (QED) is 0.581. The zero-order valence-electron chi connectivity index (χ0n) is 8.43. The maximum absolute atomic E-state index is 2.42. The van der Waals surface area contributed by atoms with Gasteiger partial charge in [-0.1, -0.05) is 34.1 Å². The molecule has 3 unspecified atom stereocenters. The van der Waals surface area contributed by atoms with Crippen LogP contribution in [0.2, 0.25) is 0 Å². The van der Waals surface area contributed by atoms with E-state index in [1.165, 1.54) is 19.3 Å². The van der Waals surface area contributed by atoms with E-state index in [0.717, 1.165) is 23.7 Å². The van der Waals surface area contributed by atoms with Crippen LogP contribution in [0.5, 0.6) is 0 Å². The zero-order valence-corrected chi connectivity index (χ0v) is 8.43. The molecular weight excluding hydrogens is 132 g/mol. The van der Waals surface area contributed by atoms with Gasteiger partial charge in [-0.05, 0) is 36.5 Å². The molecule has 1 fully saturated rings. The lowest BCUT2D eigenvalue weighted by Gasteiger charge is -2.44. The minimum absolute atomic E-state index is 0.900. The second-order valence-corrected chi connectivity index (χ2v) is 4.67. The predicted molar refractivity (Wildman–Crippen MR) is 50.5 cm³/mol. The molecule has 1 rings (SSSR count). The van der Waals surface area contributed by atoms with Gasteiger partial charge in [0.25, 0.3) is 0 Å². The minimum Gasteiger partial charge on any atom is -0.0651 e. The first-order valence-electron chi connectivity index (χ1n) is 5.15. The van der Waals surface area contributed by atoms with Crippen LogP contribution >= 0.6 is 0 Å². The molecule has 66 valence electrons. The van der Waals surface area contributed by atoms with Crippen LogP contribution in [-0.4, -0.2) is 0 Å². The van der Waals surface area contributed by atoms with Gasteiger partial charge in [0.05, 0.1) is 0 Å². The fourth-order valence-electron chi connectivity index (χ4n) is 2.53. The summed E-state index contributed by atoms with van der Waals surface area (Å²) in [5.41, 5.74) is 0. The Hall–Kier alpha value is 0. The van der Waals surface area contributed by atoms with Gasteiger partial charge in [0.15, 0.2) is 0 Å².